The van der Waals surface area contributed by atoms with Crippen LogP contribution in [-0.4, -0.2) is 24.6 Å². The van der Waals surface area contributed by atoms with Gasteiger partial charge in [0.1, 0.15) is 0 Å². The first-order valence-electron chi connectivity index (χ1n) is 7.60. The summed E-state index contributed by atoms with van der Waals surface area (Å²) in [5.41, 5.74) is 0. The smallest absolute Gasteiger partial charge is 0.0883 e. The monoisotopic (exact) mass is 537 g/mol. The van der Waals surface area contributed by atoms with Crippen LogP contribution in [0.1, 0.15) is 44.9 Å². The first-order valence-corrected chi connectivity index (χ1v) is 7.60. The number of hydrogen-bond donors (Lipinski definition) is 0. The molecule has 0 spiro atoms. The van der Waals surface area contributed by atoms with Crippen molar-refractivity contribution in [2.75, 3.05) is 20.1 Å². The standard InChI is InChI=1S/C16H30N.C2H3.CH3.No/c1-5-15(3)10-8-7-9-11-16-12-13-17(4,6-2)14-16;1-2;;/h6,15-16H,1-3,5,7-14H2,4H3;1H,2H2;1H3;/q3*-1;. The summed E-state index contributed by atoms with van der Waals surface area (Å²) in [5, 5.41) is 0. The molecule has 0 bridgehead atoms. The van der Waals surface area contributed by atoms with E-state index in [4.69, 9.17) is 0 Å². The van der Waals surface area contributed by atoms with Gasteiger partial charge < -0.3 is 27.9 Å². The van der Waals surface area contributed by atoms with E-state index < -0.39 is 0 Å². The van der Waals surface area contributed by atoms with Crippen molar-refractivity contribution < 1.29 is 4.48 Å². The molecule has 1 aliphatic heterocycles. The SMILES string of the molecule is C=C[N+]1(C)CCC(CCCCCC([CH2-])C[CH2-])C1.[CH-]=C.[CH3-].[No]. The summed E-state index contributed by atoms with van der Waals surface area (Å²) in [6.45, 7) is 21.5. The molecule has 1 heterocycles. The maximum Gasteiger partial charge on any atom is 0.0883 e. The summed E-state index contributed by atoms with van der Waals surface area (Å²) >= 11 is 0. The molecule has 1 nitrogen and oxygen atoms in total. The number of hydrogen-bond acceptors (Lipinski definition) is 0. The Morgan fingerprint density at radius 3 is 2.43 bits per heavy atom. The summed E-state index contributed by atoms with van der Waals surface area (Å²) in [6.07, 6.45) is 11.3. The quantitative estimate of drug-likeness (QED) is 0.225. The first-order chi connectivity index (χ1) is 9.09. The van der Waals surface area contributed by atoms with Crippen molar-refractivity contribution in [2.24, 2.45) is 11.8 Å². The van der Waals surface area contributed by atoms with Gasteiger partial charge in [-0.15, -0.1) is 0 Å². The van der Waals surface area contributed by atoms with Crippen molar-refractivity contribution in [3.8, 4) is 0 Å². The van der Waals surface area contributed by atoms with Crippen LogP contribution in [0.4, 0.5) is 0 Å². The van der Waals surface area contributed by atoms with Gasteiger partial charge in [0, 0.05) is 12.3 Å². The molecule has 1 rings (SSSR count). The minimum Gasteiger partial charge on any atom is -0.521 e. The van der Waals surface area contributed by atoms with E-state index in [1.54, 1.807) is 0 Å². The molecule has 0 aromatic carbocycles. The largest absolute Gasteiger partial charge is 0.521 e. The fraction of sp³-hybridized carbons (Fsp3) is 0.632. The number of unbranched alkanes of at least 4 members (excludes halogenated alkanes) is 2. The van der Waals surface area contributed by atoms with Crippen LogP contribution in [0.15, 0.2) is 19.4 Å². The topological polar surface area (TPSA) is 0 Å². The molecule has 0 aromatic rings. The van der Waals surface area contributed by atoms with Gasteiger partial charge in [0.15, 0.2) is 0 Å². The molecule has 3 atom stereocenters. The second kappa shape index (κ2) is 13.4. The third-order valence-corrected chi connectivity index (χ3v) is 4.30. The summed E-state index contributed by atoms with van der Waals surface area (Å²) in [6, 6.07) is 0. The molecule has 1 fully saturated rings. The molecular formula is C19H36NNo-3. The van der Waals surface area contributed by atoms with Crippen LogP contribution < -0.4 is 0 Å². The molecule has 134 valence electrons. The van der Waals surface area contributed by atoms with Gasteiger partial charge >= 0.3 is 0 Å². The van der Waals surface area contributed by atoms with Crippen molar-refractivity contribution in [2.45, 2.75) is 44.9 Å². The third kappa shape index (κ3) is 9.90. The maximum absolute atomic E-state index is 4.25. The van der Waals surface area contributed by atoms with Crippen molar-refractivity contribution in [3.63, 3.8) is 0 Å². The van der Waals surface area contributed by atoms with Crippen LogP contribution >= 0.6 is 0 Å². The number of rotatable bonds is 8. The fourth-order valence-electron chi connectivity index (χ4n) is 2.84. The molecule has 0 amide bonds. The zero-order chi connectivity index (χ0) is 14.7. The normalized spacial score (nSPS) is 24.8. The average molecular weight is 538 g/mol. The predicted molar refractivity (Wildman–Crippen MR) is 92.5 cm³/mol. The average Bonchev–Trinajstić information content (AvgIpc) is 2.83. The molecular weight excluding hydrogens is 501 g/mol. The van der Waals surface area contributed by atoms with Gasteiger partial charge in [-0.25, -0.2) is 6.42 Å². The van der Waals surface area contributed by atoms with Gasteiger partial charge in [0.05, 0.1) is 26.3 Å². The Labute approximate surface area is 129 Å². The first kappa shape index (κ1) is 24.5. The van der Waals surface area contributed by atoms with E-state index in [0.717, 1.165) is 16.8 Å². The zero-order valence-corrected chi connectivity index (χ0v) is 16.4. The molecule has 0 radical (unpaired) electrons. The van der Waals surface area contributed by atoms with Crippen LogP contribution in [0.2, 0.25) is 0 Å². The Kier molecular flexibility index (Phi) is 15.6. The van der Waals surface area contributed by atoms with Crippen LogP contribution in [0.5, 0.6) is 0 Å². The minimum atomic E-state index is 0. The van der Waals surface area contributed by atoms with Gasteiger partial charge in [0.2, 0.25) is 0 Å². The van der Waals surface area contributed by atoms with Crippen molar-refractivity contribution in [1.29, 1.82) is 0 Å². The summed E-state index contributed by atoms with van der Waals surface area (Å²) in [4.78, 5) is 0. The van der Waals surface area contributed by atoms with Crippen LogP contribution in [0, 0.1) is 39.7 Å². The van der Waals surface area contributed by atoms with Gasteiger partial charge in [-0.05, 0) is 13.0 Å². The van der Waals surface area contributed by atoms with E-state index in [1.165, 1.54) is 51.6 Å². The number of nitrogens with zero attached hydrogens (tertiary/aromatic N) is 1. The summed E-state index contributed by atoms with van der Waals surface area (Å²) in [7, 11) is 2.30. The van der Waals surface area contributed by atoms with E-state index >= 15 is 0 Å². The van der Waals surface area contributed by atoms with Gasteiger partial charge in [-0.2, -0.15) is 5.92 Å². The van der Waals surface area contributed by atoms with Gasteiger partial charge in [0.25, 0.3) is 0 Å². The van der Waals surface area contributed by atoms with E-state index in [9.17, 15) is 0 Å². The molecule has 3 unspecified atom stereocenters. The second-order valence-electron chi connectivity index (χ2n) is 6.02. The zero-order valence-electron chi connectivity index (χ0n) is 14.2. The van der Waals surface area contributed by atoms with E-state index in [0.29, 0.717) is 5.92 Å². The van der Waals surface area contributed by atoms with Gasteiger partial charge in [-0.1, -0.05) is 25.7 Å². The molecule has 0 saturated carbocycles. The van der Waals surface area contributed by atoms with Crippen LogP contribution in [0.25, 0.3) is 0 Å². The van der Waals surface area contributed by atoms with Crippen LogP contribution in [0.3, 0.4) is 0 Å². The Balaban J connectivity index is -0.000000774. The van der Waals surface area contributed by atoms with Crippen molar-refractivity contribution in [3.05, 3.63) is 47.2 Å². The van der Waals surface area contributed by atoms with Crippen molar-refractivity contribution in [1.82, 2.24) is 0 Å². The van der Waals surface area contributed by atoms with Crippen LogP contribution in [-0.2, 0) is 0 Å². The molecule has 0 N–H and O–H groups in total. The molecule has 0 aliphatic carbocycles. The molecule has 21 heavy (non-hydrogen) atoms. The molecule has 0 aromatic heterocycles. The second-order valence-corrected chi connectivity index (χ2v) is 6.02. The fourth-order valence-corrected chi connectivity index (χ4v) is 2.84. The molecule has 2 heteroatoms. The summed E-state index contributed by atoms with van der Waals surface area (Å²) in [5.74, 6) is 1.50. The Morgan fingerprint density at radius 2 is 1.95 bits per heavy atom. The van der Waals surface area contributed by atoms with E-state index in [-0.39, 0.29) is 7.43 Å². The van der Waals surface area contributed by atoms with Crippen molar-refractivity contribution >= 4 is 0 Å². The Bertz CT molecular complexity index is 242. The third-order valence-electron chi connectivity index (χ3n) is 4.30. The number of likely N-dealkylation sites (tertiary alicyclic amines) is 1. The maximum atomic E-state index is 4.25. The minimum absolute atomic E-state index is 0. The Morgan fingerprint density at radius 1 is 1.33 bits per heavy atom. The molecule has 1 saturated heterocycles. The predicted octanol–water partition coefficient (Wildman–Crippen LogP) is 5.28. The summed E-state index contributed by atoms with van der Waals surface area (Å²) < 4.78 is 1.08. The molecule has 1 aliphatic rings. The van der Waals surface area contributed by atoms with Gasteiger partial charge in [-0.3, -0.25) is 11.1 Å². The van der Waals surface area contributed by atoms with E-state index in [2.05, 4.69) is 46.8 Å². The Hall–Kier alpha value is -1.56. The van der Waals surface area contributed by atoms with E-state index in [1.807, 2.05) is 0 Å². The number of quaternary nitrogens is 1.